The van der Waals surface area contributed by atoms with E-state index in [0.717, 1.165) is 0 Å². The molecule has 6 heteroatoms. The SMILES string of the molecule is CC(C)NC(=O)CCNC(=O)c1ccc(C#CCN)cn1. The van der Waals surface area contributed by atoms with Crippen molar-refractivity contribution in [3.8, 4) is 11.8 Å². The Labute approximate surface area is 124 Å². The first kappa shape index (κ1) is 16.7. The van der Waals surface area contributed by atoms with Crippen molar-refractivity contribution in [2.75, 3.05) is 13.1 Å². The summed E-state index contributed by atoms with van der Waals surface area (Å²) in [6, 6.07) is 3.39. The standard InChI is InChI=1S/C15H20N4O2/c1-11(2)19-14(20)7-9-17-15(21)13-6-5-12(10-18-13)4-3-8-16/h5-6,10-11H,7-9,16H2,1-2H3,(H,17,21)(H,19,20). The van der Waals surface area contributed by atoms with E-state index >= 15 is 0 Å². The van der Waals surface area contributed by atoms with Gasteiger partial charge in [-0.05, 0) is 26.0 Å². The van der Waals surface area contributed by atoms with Crippen LogP contribution in [0.15, 0.2) is 18.3 Å². The monoisotopic (exact) mass is 288 g/mol. The molecule has 4 N–H and O–H groups in total. The maximum Gasteiger partial charge on any atom is 0.269 e. The van der Waals surface area contributed by atoms with Crippen LogP contribution in [0.25, 0.3) is 0 Å². The van der Waals surface area contributed by atoms with Gasteiger partial charge in [0.15, 0.2) is 0 Å². The molecule has 2 amide bonds. The molecule has 0 atom stereocenters. The van der Waals surface area contributed by atoms with Gasteiger partial charge in [0, 0.05) is 30.8 Å². The number of aromatic nitrogens is 1. The van der Waals surface area contributed by atoms with Crippen LogP contribution in [0.3, 0.4) is 0 Å². The lowest BCUT2D eigenvalue weighted by molar-refractivity contribution is -0.121. The van der Waals surface area contributed by atoms with Gasteiger partial charge in [0.2, 0.25) is 5.91 Å². The first-order valence-electron chi connectivity index (χ1n) is 6.75. The molecule has 0 aromatic carbocycles. The third-order valence-corrected chi connectivity index (χ3v) is 2.42. The fourth-order valence-corrected chi connectivity index (χ4v) is 1.53. The van der Waals surface area contributed by atoms with Crippen molar-refractivity contribution in [2.45, 2.75) is 26.3 Å². The maximum absolute atomic E-state index is 11.8. The fraction of sp³-hybridized carbons (Fsp3) is 0.400. The van der Waals surface area contributed by atoms with Crippen molar-refractivity contribution < 1.29 is 9.59 Å². The number of pyridine rings is 1. The smallest absolute Gasteiger partial charge is 0.269 e. The highest BCUT2D eigenvalue weighted by atomic mass is 16.2. The van der Waals surface area contributed by atoms with Gasteiger partial charge in [-0.1, -0.05) is 11.8 Å². The average molecular weight is 288 g/mol. The van der Waals surface area contributed by atoms with Gasteiger partial charge in [0.05, 0.1) is 6.54 Å². The number of nitrogens with one attached hydrogen (secondary N) is 2. The van der Waals surface area contributed by atoms with Crippen molar-refractivity contribution in [3.63, 3.8) is 0 Å². The minimum atomic E-state index is -0.314. The van der Waals surface area contributed by atoms with Crippen molar-refractivity contribution in [1.29, 1.82) is 0 Å². The molecule has 0 unspecified atom stereocenters. The summed E-state index contributed by atoms with van der Waals surface area (Å²) in [5.74, 6) is 5.13. The summed E-state index contributed by atoms with van der Waals surface area (Å²) in [7, 11) is 0. The second kappa shape index (κ2) is 8.72. The van der Waals surface area contributed by atoms with Crippen LogP contribution in [-0.2, 0) is 4.79 Å². The van der Waals surface area contributed by atoms with Crippen LogP contribution in [0, 0.1) is 11.8 Å². The van der Waals surface area contributed by atoms with Gasteiger partial charge in [0.1, 0.15) is 5.69 Å². The largest absolute Gasteiger partial charge is 0.354 e. The number of amides is 2. The lowest BCUT2D eigenvalue weighted by Gasteiger charge is -2.08. The molecular formula is C15H20N4O2. The van der Waals surface area contributed by atoms with Crippen LogP contribution in [0.2, 0.25) is 0 Å². The van der Waals surface area contributed by atoms with Gasteiger partial charge in [-0.25, -0.2) is 4.98 Å². The molecule has 6 nitrogen and oxygen atoms in total. The van der Waals surface area contributed by atoms with E-state index < -0.39 is 0 Å². The number of carbonyl (C=O) groups excluding carboxylic acids is 2. The van der Waals surface area contributed by atoms with Crippen molar-refractivity contribution >= 4 is 11.8 Å². The predicted molar refractivity (Wildman–Crippen MR) is 80.4 cm³/mol. The minimum absolute atomic E-state index is 0.0920. The third-order valence-electron chi connectivity index (χ3n) is 2.42. The van der Waals surface area contributed by atoms with E-state index in [1.54, 1.807) is 12.1 Å². The quantitative estimate of drug-likeness (QED) is 0.666. The van der Waals surface area contributed by atoms with Gasteiger partial charge in [0.25, 0.3) is 5.91 Å². The molecule has 0 aliphatic heterocycles. The molecule has 21 heavy (non-hydrogen) atoms. The Hall–Kier alpha value is -2.39. The van der Waals surface area contributed by atoms with Crippen molar-refractivity contribution in [1.82, 2.24) is 15.6 Å². The number of rotatable bonds is 5. The molecule has 0 saturated carbocycles. The normalized spacial score (nSPS) is 9.71. The van der Waals surface area contributed by atoms with E-state index in [9.17, 15) is 9.59 Å². The summed E-state index contributed by atoms with van der Waals surface area (Å²) in [4.78, 5) is 27.2. The molecule has 1 aromatic heterocycles. The molecule has 0 saturated heterocycles. The highest BCUT2D eigenvalue weighted by Crippen LogP contribution is 1.99. The van der Waals surface area contributed by atoms with Crippen LogP contribution in [-0.4, -0.2) is 35.9 Å². The molecule has 1 heterocycles. The Balaban J connectivity index is 2.43. The summed E-state index contributed by atoms with van der Waals surface area (Å²) < 4.78 is 0. The number of nitrogens with zero attached hydrogens (tertiary/aromatic N) is 1. The summed E-state index contributed by atoms with van der Waals surface area (Å²) >= 11 is 0. The summed E-state index contributed by atoms with van der Waals surface area (Å²) in [6.45, 7) is 4.32. The number of carbonyl (C=O) groups is 2. The zero-order valence-electron chi connectivity index (χ0n) is 12.3. The van der Waals surface area contributed by atoms with Crippen LogP contribution < -0.4 is 16.4 Å². The highest BCUT2D eigenvalue weighted by molar-refractivity contribution is 5.92. The fourth-order valence-electron chi connectivity index (χ4n) is 1.53. The van der Waals surface area contributed by atoms with Crippen molar-refractivity contribution in [3.05, 3.63) is 29.6 Å². The second-order valence-electron chi connectivity index (χ2n) is 4.67. The first-order chi connectivity index (χ1) is 10.0. The minimum Gasteiger partial charge on any atom is -0.354 e. The van der Waals surface area contributed by atoms with E-state index in [1.165, 1.54) is 6.20 Å². The van der Waals surface area contributed by atoms with Gasteiger partial charge < -0.3 is 16.4 Å². The first-order valence-corrected chi connectivity index (χ1v) is 6.75. The Morgan fingerprint density at radius 2 is 2.14 bits per heavy atom. The molecule has 112 valence electrons. The lowest BCUT2D eigenvalue weighted by atomic mass is 10.2. The average Bonchev–Trinajstić information content (AvgIpc) is 2.44. The third kappa shape index (κ3) is 6.54. The summed E-state index contributed by atoms with van der Waals surface area (Å²) in [5.41, 5.74) is 6.26. The van der Waals surface area contributed by atoms with Crippen LogP contribution >= 0.6 is 0 Å². The van der Waals surface area contributed by atoms with E-state index in [0.29, 0.717) is 5.56 Å². The van der Waals surface area contributed by atoms with Crippen LogP contribution in [0.5, 0.6) is 0 Å². The van der Waals surface area contributed by atoms with E-state index in [4.69, 9.17) is 5.73 Å². The van der Waals surface area contributed by atoms with E-state index in [-0.39, 0.29) is 43.1 Å². The lowest BCUT2D eigenvalue weighted by Crippen LogP contribution is -2.34. The van der Waals surface area contributed by atoms with Gasteiger partial charge in [-0.15, -0.1) is 0 Å². The van der Waals surface area contributed by atoms with Gasteiger partial charge in [-0.3, -0.25) is 9.59 Å². The Bertz CT molecular complexity index is 541. The topological polar surface area (TPSA) is 97.1 Å². The molecule has 0 radical (unpaired) electrons. The Morgan fingerprint density at radius 3 is 2.71 bits per heavy atom. The van der Waals surface area contributed by atoms with Crippen molar-refractivity contribution in [2.24, 2.45) is 5.73 Å². The molecule has 0 fully saturated rings. The number of hydrogen-bond donors (Lipinski definition) is 3. The Morgan fingerprint density at radius 1 is 1.38 bits per heavy atom. The Kier molecular flexibility index (Phi) is 6.92. The highest BCUT2D eigenvalue weighted by Gasteiger charge is 2.08. The zero-order valence-corrected chi connectivity index (χ0v) is 12.3. The molecular weight excluding hydrogens is 268 g/mol. The molecule has 0 spiro atoms. The molecule has 1 aromatic rings. The van der Waals surface area contributed by atoms with Gasteiger partial charge in [-0.2, -0.15) is 0 Å². The number of nitrogens with two attached hydrogens (primary N) is 1. The zero-order chi connectivity index (χ0) is 15.7. The van der Waals surface area contributed by atoms with Gasteiger partial charge >= 0.3 is 0 Å². The second-order valence-corrected chi connectivity index (χ2v) is 4.67. The summed E-state index contributed by atoms with van der Waals surface area (Å²) in [6.07, 6.45) is 1.76. The molecule has 0 aliphatic rings. The molecule has 1 rings (SSSR count). The van der Waals surface area contributed by atoms with Crippen LogP contribution in [0.1, 0.15) is 36.3 Å². The maximum atomic E-state index is 11.8. The predicted octanol–water partition coefficient (Wildman–Crippen LogP) is 0.0363. The van der Waals surface area contributed by atoms with E-state index in [2.05, 4.69) is 27.5 Å². The molecule has 0 bridgehead atoms. The van der Waals surface area contributed by atoms with Crippen LogP contribution in [0.4, 0.5) is 0 Å². The number of hydrogen-bond acceptors (Lipinski definition) is 4. The van der Waals surface area contributed by atoms with E-state index in [1.807, 2.05) is 13.8 Å². The summed E-state index contributed by atoms with van der Waals surface area (Å²) in [5, 5.41) is 5.40. The molecule has 0 aliphatic carbocycles.